The molecule has 0 aliphatic carbocycles. The Morgan fingerprint density at radius 2 is 2.10 bits per heavy atom. The second-order valence-electron chi connectivity index (χ2n) is 4.71. The van der Waals surface area contributed by atoms with Crippen molar-refractivity contribution in [2.75, 3.05) is 0 Å². The van der Waals surface area contributed by atoms with Crippen LogP contribution in [0.1, 0.15) is 34.6 Å². The Bertz CT molecular complexity index is 671. The highest BCUT2D eigenvalue weighted by molar-refractivity contribution is 5.94. The maximum atomic E-state index is 12.2. The first-order chi connectivity index (χ1) is 9.99. The lowest BCUT2D eigenvalue weighted by molar-refractivity contribution is -0.385. The van der Waals surface area contributed by atoms with Gasteiger partial charge in [-0.15, -0.1) is 0 Å². The first-order valence-corrected chi connectivity index (χ1v) is 6.46. The number of carbonyl (C=O) groups is 1. The maximum absolute atomic E-state index is 12.2. The highest BCUT2D eigenvalue weighted by Crippen LogP contribution is 2.19. The van der Waals surface area contributed by atoms with E-state index in [1.807, 2.05) is 19.1 Å². The van der Waals surface area contributed by atoms with Gasteiger partial charge in [-0.3, -0.25) is 19.9 Å². The molecule has 0 spiro atoms. The van der Waals surface area contributed by atoms with Crippen molar-refractivity contribution in [3.05, 3.63) is 69.5 Å². The minimum atomic E-state index is -0.465. The summed E-state index contributed by atoms with van der Waals surface area (Å²) in [5.41, 5.74) is 1.60. The van der Waals surface area contributed by atoms with Gasteiger partial charge in [0.15, 0.2) is 0 Å². The van der Waals surface area contributed by atoms with Crippen molar-refractivity contribution in [3.8, 4) is 0 Å². The number of nitro groups is 1. The molecule has 0 aliphatic rings. The van der Waals surface area contributed by atoms with E-state index in [9.17, 15) is 14.9 Å². The average Bonchev–Trinajstić information content (AvgIpc) is 2.47. The van der Waals surface area contributed by atoms with Crippen molar-refractivity contribution in [2.45, 2.75) is 19.9 Å². The van der Waals surface area contributed by atoms with Gasteiger partial charge in [0, 0.05) is 23.4 Å². The number of pyridine rings is 1. The van der Waals surface area contributed by atoms with E-state index in [-0.39, 0.29) is 17.6 Å². The zero-order valence-electron chi connectivity index (χ0n) is 11.7. The minimum absolute atomic E-state index is 0.00400. The third-order valence-electron chi connectivity index (χ3n) is 3.13. The highest BCUT2D eigenvalue weighted by atomic mass is 16.6. The van der Waals surface area contributed by atoms with Crippen LogP contribution < -0.4 is 5.32 Å². The Morgan fingerprint density at radius 1 is 1.33 bits per heavy atom. The van der Waals surface area contributed by atoms with Crippen LogP contribution >= 0.6 is 0 Å². The number of nitro benzene ring substituents is 1. The zero-order valence-corrected chi connectivity index (χ0v) is 11.7. The van der Waals surface area contributed by atoms with E-state index >= 15 is 0 Å². The van der Waals surface area contributed by atoms with Crippen molar-refractivity contribution in [3.63, 3.8) is 0 Å². The summed E-state index contributed by atoms with van der Waals surface area (Å²) in [6.07, 6.45) is 1.66. The summed E-state index contributed by atoms with van der Waals surface area (Å²) >= 11 is 0. The molecule has 6 nitrogen and oxygen atoms in total. The first kappa shape index (κ1) is 14.6. The molecule has 2 rings (SSSR count). The van der Waals surface area contributed by atoms with Crippen molar-refractivity contribution < 1.29 is 9.72 Å². The SMILES string of the molecule is Cc1cc(C(=O)NC(C)c2ccccn2)ccc1[N+](=O)[O-]. The van der Waals surface area contributed by atoms with E-state index < -0.39 is 4.92 Å². The van der Waals surface area contributed by atoms with Crippen molar-refractivity contribution in [1.29, 1.82) is 0 Å². The number of rotatable bonds is 4. The van der Waals surface area contributed by atoms with Crippen LogP contribution in [0.3, 0.4) is 0 Å². The first-order valence-electron chi connectivity index (χ1n) is 6.46. The Hall–Kier alpha value is -2.76. The summed E-state index contributed by atoms with van der Waals surface area (Å²) in [6.45, 7) is 3.44. The molecule has 21 heavy (non-hydrogen) atoms. The van der Waals surface area contributed by atoms with Gasteiger partial charge >= 0.3 is 0 Å². The lowest BCUT2D eigenvalue weighted by atomic mass is 10.1. The van der Waals surface area contributed by atoms with Crippen LogP contribution in [-0.4, -0.2) is 15.8 Å². The predicted molar refractivity (Wildman–Crippen MR) is 78.0 cm³/mol. The number of benzene rings is 1. The molecule has 1 unspecified atom stereocenters. The van der Waals surface area contributed by atoms with E-state index in [2.05, 4.69) is 10.3 Å². The molecule has 0 saturated heterocycles. The van der Waals surface area contributed by atoms with Gasteiger partial charge in [-0.1, -0.05) is 6.07 Å². The number of hydrogen-bond acceptors (Lipinski definition) is 4. The number of hydrogen-bond donors (Lipinski definition) is 1. The zero-order chi connectivity index (χ0) is 15.4. The van der Waals surface area contributed by atoms with E-state index in [1.165, 1.54) is 18.2 Å². The molecular formula is C15H15N3O3. The number of carbonyl (C=O) groups excluding carboxylic acids is 1. The highest BCUT2D eigenvalue weighted by Gasteiger charge is 2.16. The normalized spacial score (nSPS) is 11.7. The number of aromatic nitrogens is 1. The van der Waals surface area contributed by atoms with E-state index in [1.54, 1.807) is 19.2 Å². The summed E-state index contributed by atoms with van der Waals surface area (Å²) in [4.78, 5) is 26.6. The summed E-state index contributed by atoms with van der Waals surface area (Å²) in [5.74, 6) is -0.286. The molecule has 1 atom stereocenters. The summed E-state index contributed by atoms with van der Waals surface area (Å²) < 4.78 is 0. The molecule has 0 saturated carbocycles. The average molecular weight is 285 g/mol. The summed E-state index contributed by atoms with van der Waals surface area (Å²) in [6, 6.07) is 9.54. The molecule has 0 aliphatic heterocycles. The van der Waals surface area contributed by atoms with E-state index in [0.29, 0.717) is 11.1 Å². The molecule has 1 aromatic carbocycles. The van der Waals surface area contributed by atoms with Crippen LogP contribution in [0.15, 0.2) is 42.6 Å². The van der Waals surface area contributed by atoms with Gasteiger partial charge in [0.1, 0.15) is 0 Å². The molecule has 0 bridgehead atoms. The van der Waals surface area contributed by atoms with Crippen LogP contribution in [0.25, 0.3) is 0 Å². The summed E-state index contributed by atoms with van der Waals surface area (Å²) in [5, 5.41) is 13.6. The maximum Gasteiger partial charge on any atom is 0.272 e. The minimum Gasteiger partial charge on any atom is -0.344 e. The molecule has 6 heteroatoms. The topological polar surface area (TPSA) is 85.1 Å². The van der Waals surface area contributed by atoms with Gasteiger partial charge in [-0.25, -0.2) is 0 Å². The van der Waals surface area contributed by atoms with Crippen LogP contribution in [0.2, 0.25) is 0 Å². The largest absolute Gasteiger partial charge is 0.344 e. The summed E-state index contributed by atoms with van der Waals surface area (Å²) in [7, 11) is 0. The molecule has 1 aromatic heterocycles. The van der Waals surface area contributed by atoms with Gasteiger partial charge in [0.2, 0.25) is 0 Å². The van der Waals surface area contributed by atoms with Gasteiger partial charge in [-0.05, 0) is 38.1 Å². The number of nitrogens with zero attached hydrogens (tertiary/aromatic N) is 2. The molecule has 108 valence electrons. The van der Waals surface area contributed by atoms with Crippen LogP contribution in [-0.2, 0) is 0 Å². The van der Waals surface area contributed by atoms with E-state index in [4.69, 9.17) is 0 Å². The molecule has 2 aromatic rings. The fourth-order valence-electron chi connectivity index (χ4n) is 1.99. The smallest absolute Gasteiger partial charge is 0.272 e. The van der Waals surface area contributed by atoms with Crippen molar-refractivity contribution in [2.24, 2.45) is 0 Å². The molecule has 1 heterocycles. The Morgan fingerprint density at radius 3 is 2.67 bits per heavy atom. The number of aryl methyl sites for hydroxylation is 1. The monoisotopic (exact) mass is 285 g/mol. The fraction of sp³-hybridized carbons (Fsp3) is 0.200. The second-order valence-corrected chi connectivity index (χ2v) is 4.71. The third kappa shape index (κ3) is 3.42. The fourth-order valence-corrected chi connectivity index (χ4v) is 1.99. The molecule has 1 N–H and O–H groups in total. The standard InChI is InChI=1S/C15H15N3O3/c1-10-9-12(6-7-14(10)18(20)21)15(19)17-11(2)13-5-3-4-8-16-13/h3-9,11H,1-2H3,(H,17,19). The lowest BCUT2D eigenvalue weighted by Gasteiger charge is -2.13. The van der Waals surface area contributed by atoms with Crippen molar-refractivity contribution in [1.82, 2.24) is 10.3 Å². The molecule has 0 radical (unpaired) electrons. The number of amides is 1. The van der Waals surface area contributed by atoms with Crippen LogP contribution in [0, 0.1) is 17.0 Å². The lowest BCUT2D eigenvalue weighted by Crippen LogP contribution is -2.27. The second kappa shape index (κ2) is 6.13. The Labute approximate surface area is 122 Å². The van der Waals surface area contributed by atoms with Crippen LogP contribution in [0.5, 0.6) is 0 Å². The third-order valence-corrected chi connectivity index (χ3v) is 3.13. The molecule has 1 amide bonds. The number of nitrogens with one attached hydrogen (secondary N) is 1. The van der Waals surface area contributed by atoms with Crippen molar-refractivity contribution >= 4 is 11.6 Å². The molecule has 0 fully saturated rings. The van der Waals surface area contributed by atoms with Gasteiger partial charge in [0.05, 0.1) is 16.7 Å². The van der Waals surface area contributed by atoms with E-state index in [0.717, 1.165) is 5.69 Å². The van der Waals surface area contributed by atoms with Gasteiger partial charge in [0.25, 0.3) is 11.6 Å². The van der Waals surface area contributed by atoms with Crippen LogP contribution in [0.4, 0.5) is 5.69 Å². The molecular weight excluding hydrogens is 270 g/mol. The quantitative estimate of drug-likeness (QED) is 0.691. The van der Waals surface area contributed by atoms with Gasteiger partial charge < -0.3 is 5.32 Å². The Kier molecular flexibility index (Phi) is 4.27. The predicted octanol–water partition coefficient (Wildman–Crippen LogP) is 2.79. The Balaban J connectivity index is 2.14. The van der Waals surface area contributed by atoms with Gasteiger partial charge in [-0.2, -0.15) is 0 Å².